The molecular formula is C16H14ClFO2S. The fraction of sp³-hybridized carbons (Fsp3) is 0.188. The topological polar surface area (TPSA) is 26.3 Å². The van der Waals surface area contributed by atoms with Gasteiger partial charge in [-0.3, -0.25) is 4.79 Å². The van der Waals surface area contributed by atoms with Gasteiger partial charge in [-0.15, -0.1) is 0 Å². The Morgan fingerprint density at radius 2 is 1.95 bits per heavy atom. The molecule has 0 bridgehead atoms. The van der Waals surface area contributed by atoms with Crippen molar-refractivity contribution in [2.75, 3.05) is 7.11 Å². The molecule has 2 aromatic carbocycles. The van der Waals surface area contributed by atoms with Gasteiger partial charge in [0.1, 0.15) is 5.82 Å². The Morgan fingerprint density at radius 3 is 2.62 bits per heavy atom. The van der Waals surface area contributed by atoms with Gasteiger partial charge >= 0.3 is 5.97 Å². The normalized spacial score (nSPS) is 10.4. The van der Waals surface area contributed by atoms with E-state index in [1.54, 1.807) is 18.2 Å². The van der Waals surface area contributed by atoms with E-state index in [1.807, 2.05) is 18.2 Å². The van der Waals surface area contributed by atoms with Crippen LogP contribution in [0.5, 0.6) is 0 Å². The molecule has 0 aromatic heterocycles. The minimum Gasteiger partial charge on any atom is -0.469 e. The largest absolute Gasteiger partial charge is 0.469 e. The predicted molar refractivity (Wildman–Crippen MR) is 82.3 cm³/mol. The molecule has 0 aliphatic heterocycles. The summed E-state index contributed by atoms with van der Waals surface area (Å²) < 4.78 is 18.7. The summed E-state index contributed by atoms with van der Waals surface area (Å²) in [6.45, 7) is 0. The summed E-state index contributed by atoms with van der Waals surface area (Å²) in [6.07, 6.45) is 0.675. The van der Waals surface area contributed by atoms with Crippen molar-refractivity contribution >= 4 is 29.3 Å². The molecule has 0 heterocycles. The summed E-state index contributed by atoms with van der Waals surface area (Å²) in [5.74, 6) is -0.598. The van der Waals surface area contributed by atoms with E-state index in [0.29, 0.717) is 16.3 Å². The minimum absolute atomic E-state index is 0.230. The molecule has 2 aromatic rings. The number of hydrogen-bond donors (Lipinski definition) is 0. The van der Waals surface area contributed by atoms with Crippen LogP contribution in [0.3, 0.4) is 0 Å². The first-order valence-corrected chi connectivity index (χ1v) is 7.57. The molecule has 0 saturated carbocycles. The zero-order valence-electron chi connectivity index (χ0n) is 11.4. The smallest absolute Gasteiger partial charge is 0.305 e. The van der Waals surface area contributed by atoms with E-state index >= 15 is 0 Å². The lowest BCUT2D eigenvalue weighted by Gasteiger charge is -2.10. The highest BCUT2D eigenvalue weighted by molar-refractivity contribution is 7.99. The van der Waals surface area contributed by atoms with E-state index in [4.69, 9.17) is 11.6 Å². The summed E-state index contributed by atoms with van der Waals surface area (Å²) in [7, 11) is 1.34. The van der Waals surface area contributed by atoms with Crippen LogP contribution in [0.25, 0.3) is 0 Å². The lowest BCUT2D eigenvalue weighted by atomic mass is 10.1. The average Bonchev–Trinajstić information content (AvgIpc) is 2.49. The van der Waals surface area contributed by atoms with Gasteiger partial charge in [0, 0.05) is 16.3 Å². The van der Waals surface area contributed by atoms with Crippen LogP contribution in [0.4, 0.5) is 4.39 Å². The van der Waals surface area contributed by atoms with Gasteiger partial charge < -0.3 is 4.74 Å². The van der Waals surface area contributed by atoms with Gasteiger partial charge in [-0.1, -0.05) is 35.5 Å². The number of rotatable bonds is 5. The first-order chi connectivity index (χ1) is 10.1. The van der Waals surface area contributed by atoms with Crippen LogP contribution in [0.15, 0.2) is 52.3 Å². The van der Waals surface area contributed by atoms with Crippen molar-refractivity contribution in [1.29, 1.82) is 0 Å². The number of hydrogen-bond acceptors (Lipinski definition) is 3. The first kappa shape index (κ1) is 15.9. The standard InChI is InChI=1S/C16H14ClFO2S/c1-20-15(19)10-5-11-3-2-4-14(18)16(11)21-13-8-6-12(17)7-9-13/h2-4,6-9H,5,10H2,1H3. The molecule has 21 heavy (non-hydrogen) atoms. The maximum atomic E-state index is 14.1. The molecular weight excluding hydrogens is 311 g/mol. The Kier molecular flexibility index (Phi) is 5.65. The number of esters is 1. The summed E-state index contributed by atoms with van der Waals surface area (Å²) in [4.78, 5) is 12.7. The number of benzene rings is 2. The van der Waals surface area contributed by atoms with Crippen molar-refractivity contribution in [3.8, 4) is 0 Å². The zero-order chi connectivity index (χ0) is 15.2. The fourth-order valence-corrected chi connectivity index (χ4v) is 2.92. The molecule has 0 unspecified atom stereocenters. The third-order valence-electron chi connectivity index (χ3n) is 2.91. The van der Waals surface area contributed by atoms with Crippen LogP contribution >= 0.6 is 23.4 Å². The molecule has 0 amide bonds. The van der Waals surface area contributed by atoms with Crippen molar-refractivity contribution in [2.45, 2.75) is 22.6 Å². The van der Waals surface area contributed by atoms with E-state index in [9.17, 15) is 9.18 Å². The van der Waals surface area contributed by atoms with E-state index in [0.717, 1.165) is 10.5 Å². The second-order valence-corrected chi connectivity index (χ2v) is 5.88. The lowest BCUT2D eigenvalue weighted by molar-refractivity contribution is -0.140. The second kappa shape index (κ2) is 7.48. The van der Waals surface area contributed by atoms with Crippen LogP contribution in [0, 0.1) is 5.82 Å². The SMILES string of the molecule is COC(=O)CCc1cccc(F)c1Sc1ccc(Cl)cc1. The Morgan fingerprint density at radius 1 is 1.24 bits per heavy atom. The molecule has 2 nitrogen and oxygen atoms in total. The van der Waals surface area contributed by atoms with Crippen LogP contribution < -0.4 is 0 Å². The van der Waals surface area contributed by atoms with Crippen LogP contribution in [-0.4, -0.2) is 13.1 Å². The molecule has 2 rings (SSSR count). The molecule has 0 saturated heterocycles. The molecule has 0 aliphatic rings. The number of carbonyl (C=O) groups is 1. The van der Waals surface area contributed by atoms with Crippen molar-refractivity contribution in [1.82, 2.24) is 0 Å². The van der Waals surface area contributed by atoms with Gasteiger partial charge in [-0.25, -0.2) is 4.39 Å². The van der Waals surface area contributed by atoms with E-state index in [1.165, 1.54) is 24.9 Å². The van der Waals surface area contributed by atoms with Crippen molar-refractivity contribution in [3.05, 3.63) is 58.9 Å². The number of methoxy groups -OCH3 is 1. The molecule has 0 atom stereocenters. The molecule has 0 fully saturated rings. The highest BCUT2D eigenvalue weighted by atomic mass is 35.5. The number of halogens is 2. The summed E-state index contributed by atoms with van der Waals surface area (Å²) >= 11 is 7.17. The molecule has 0 N–H and O–H groups in total. The summed E-state index contributed by atoms with van der Waals surface area (Å²) in [5, 5.41) is 0.638. The van der Waals surface area contributed by atoms with Gasteiger partial charge in [0.05, 0.1) is 12.0 Å². The number of carbonyl (C=O) groups excluding carboxylic acids is 1. The monoisotopic (exact) mass is 324 g/mol. The van der Waals surface area contributed by atoms with Crippen molar-refractivity contribution in [3.63, 3.8) is 0 Å². The van der Waals surface area contributed by atoms with Gasteiger partial charge in [-0.2, -0.15) is 0 Å². The Hall–Kier alpha value is -1.52. The molecule has 5 heteroatoms. The van der Waals surface area contributed by atoms with Crippen molar-refractivity contribution in [2.24, 2.45) is 0 Å². The van der Waals surface area contributed by atoms with Crippen LogP contribution in [0.2, 0.25) is 5.02 Å². The second-order valence-electron chi connectivity index (χ2n) is 4.36. The maximum absolute atomic E-state index is 14.1. The number of ether oxygens (including phenoxy) is 1. The highest BCUT2D eigenvalue weighted by Gasteiger charge is 2.12. The Bertz CT molecular complexity index is 629. The van der Waals surface area contributed by atoms with Crippen LogP contribution in [-0.2, 0) is 16.0 Å². The molecule has 0 radical (unpaired) electrons. The maximum Gasteiger partial charge on any atom is 0.305 e. The molecule has 0 aliphatic carbocycles. The van der Waals surface area contributed by atoms with Crippen LogP contribution in [0.1, 0.15) is 12.0 Å². The number of aryl methyl sites for hydroxylation is 1. The first-order valence-electron chi connectivity index (χ1n) is 6.38. The van der Waals surface area contributed by atoms with Crippen molar-refractivity contribution < 1.29 is 13.9 Å². The van der Waals surface area contributed by atoms with E-state index < -0.39 is 0 Å². The third-order valence-corrected chi connectivity index (χ3v) is 4.33. The molecule has 0 spiro atoms. The summed E-state index contributed by atoms with van der Waals surface area (Å²) in [5.41, 5.74) is 0.792. The third kappa shape index (κ3) is 4.48. The van der Waals surface area contributed by atoms with E-state index in [2.05, 4.69) is 4.74 Å². The summed E-state index contributed by atoms with van der Waals surface area (Å²) in [6, 6.07) is 12.1. The van der Waals surface area contributed by atoms with Gasteiger partial charge in [0.2, 0.25) is 0 Å². The van der Waals surface area contributed by atoms with Gasteiger partial charge in [0.15, 0.2) is 0 Å². The minimum atomic E-state index is -0.304. The quantitative estimate of drug-likeness (QED) is 0.743. The lowest BCUT2D eigenvalue weighted by Crippen LogP contribution is -2.03. The van der Waals surface area contributed by atoms with Gasteiger partial charge in [-0.05, 0) is 42.3 Å². The fourth-order valence-electron chi connectivity index (χ4n) is 1.82. The molecule has 110 valence electrons. The van der Waals surface area contributed by atoms with Gasteiger partial charge in [0.25, 0.3) is 0 Å². The highest BCUT2D eigenvalue weighted by Crippen LogP contribution is 2.33. The Labute approximate surface area is 132 Å². The Balaban J connectivity index is 2.20. The zero-order valence-corrected chi connectivity index (χ0v) is 13.0. The van der Waals surface area contributed by atoms with E-state index in [-0.39, 0.29) is 18.2 Å². The average molecular weight is 325 g/mol. The predicted octanol–water partition coefficient (Wildman–Crippen LogP) is 4.74.